The molecule has 0 spiro atoms. The van der Waals surface area contributed by atoms with Crippen LogP contribution in [0.3, 0.4) is 0 Å². The summed E-state index contributed by atoms with van der Waals surface area (Å²) in [5.74, 6) is 0.333. The Kier molecular flexibility index (Phi) is 9.33. The number of rotatable bonds is 9. The van der Waals surface area contributed by atoms with Crippen molar-refractivity contribution in [2.45, 2.75) is 84.8 Å². The van der Waals surface area contributed by atoms with Crippen molar-refractivity contribution in [3.05, 3.63) is 70.2 Å². The van der Waals surface area contributed by atoms with Crippen LogP contribution in [-0.4, -0.2) is 28.3 Å². The van der Waals surface area contributed by atoms with E-state index in [1.807, 2.05) is 52.0 Å². The molecule has 1 atom stereocenters. The Labute approximate surface area is 198 Å². The first-order valence-corrected chi connectivity index (χ1v) is 11.8. The van der Waals surface area contributed by atoms with Gasteiger partial charge in [-0.25, -0.2) is 0 Å². The van der Waals surface area contributed by atoms with Crippen molar-refractivity contribution >= 4 is 23.4 Å². The van der Waals surface area contributed by atoms with Crippen LogP contribution in [0.15, 0.2) is 48.5 Å². The van der Waals surface area contributed by atoms with Crippen LogP contribution in [0.1, 0.15) is 77.0 Å². The van der Waals surface area contributed by atoms with E-state index >= 15 is 0 Å². The minimum absolute atomic E-state index is 0.0243. The molecule has 174 valence electrons. The number of nitrogens with zero attached hydrogens (tertiary/aromatic N) is 1. The molecular formula is C27H37ClN2O2. The van der Waals surface area contributed by atoms with E-state index in [-0.39, 0.29) is 17.4 Å². The minimum Gasteiger partial charge on any atom is -0.350 e. The van der Waals surface area contributed by atoms with E-state index in [0.29, 0.717) is 36.7 Å². The summed E-state index contributed by atoms with van der Waals surface area (Å²) in [6.45, 7) is 12.5. The maximum atomic E-state index is 13.4. The number of aryl methyl sites for hydroxylation is 1. The normalized spacial score (nSPS) is 12.5. The Morgan fingerprint density at radius 1 is 0.969 bits per heavy atom. The fraction of sp³-hybridized carbons (Fsp3) is 0.481. The smallest absolute Gasteiger partial charge is 0.243 e. The quantitative estimate of drug-likeness (QED) is 0.494. The van der Waals surface area contributed by atoms with Gasteiger partial charge < -0.3 is 10.2 Å². The molecule has 0 aliphatic rings. The molecule has 0 aliphatic heterocycles. The van der Waals surface area contributed by atoms with Gasteiger partial charge in [0.2, 0.25) is 11.8 Å². The highest BCUT2D eigenvalue weighted by Gasteiger charge is 2.30. The van der Waals surface area contributed by atoms with E-state index in [4.69, 9.17) is 11.6 Å². The molecule has 0 heterocycles. The first-order valence-electron chi connectivity index (χ1n) is 11.4. The zero-order chi connectivity index (χ0) is 23.9. The summed E-state index contributed by atoms with van der Waals surface area (Å²) in [6.07, 6.45) is 1.55. The predicted molar refractivity (Wildman–Crippen MR) is 133 cm³/mol. The van der Waals surface area contributed by atoms with Crippen molar-refractivity contribution in [2.24, 2.45) is 0 Å². The third-order valence-corrected chi connectivity index (χ3v) is 5.68. The second-order valence-electron chi connectivity index (χ2n) is 9.71. The first kappa shape index (κ1) is 25.9. The highest BCUT2D eigenvalue weighted by atomic mass is 35.5. The molecule has 0 radical (unpaired) electrons. The summed E-state index contributed by atoms with van der Waals surface area (Å²) in [7, 11) is 0. The number of hydrogen-bond donors (Lipinski definition) is 1. The van der Waals surface area contributed by atoms with Gasteiger partial charge in [-0.3, -0.25) is 9.59 Å². The van der Waals surface area contributed by atoms with Crippen LogP contribution < -0.4 is 5.32 Å². The zero-order valence-corrected chi connectivity index (χ0v) is 21.0. The van der Waals surface area contributed by atoms with Gasteiger partial charge in [0.15, 0.2) is 0 Å². The minimum atomic E-state index is -0.527. The summed E-state index contributed by atoms with van der Waals surface area (Å²) in [6, 6.07) is 15.3. The van der Waals surface area contributed by atoms with Gasteiger partial charge >= 0.3 is 0 Å². The SMILES string of the molecule is CCC(C(=O)NC(C)(C)C)N(Cc1ccc(Cl)cc1)C(=O)CCc1ccc(C(C)C)cc1. The van der Waals surface area contributed by atoms with Crippen LogP contribution in [0.4, 0.5) is 0 Å². The molecule has 0 aromatic heterocycles. The lowest BCUT2D eigenvalue weighted by molar-refractivity contribution is -0.142. The van der Waals surface area contributed by atoms with Gasteiger partial charge in [-0.2, -0.15) is 0 Å². The number of benzene rings is 2. The van der Waals surface area contributed by atoms with Gasteiger partial charge in [0.25, 0.3) is 0 Å². The van der Waals surface area contributed by atoms with Gasteiger partial charge in [-0.15, -0.1) is 0 Å². The van der Waals surface area contributed by atoms with E-state index in [1.165, 1.54) is 5.56 Å². The van der Waals surface area contributed by atoms with Crippen LogP contribution in [0.25, 0.3) is 0 Å². The van der Waals surface area contributed by atoms with Crippen molar-refractivity contribution < 1.29 is 9.59 Å². The topological polar surface area (TPSA) is 49.4 Å². The van der Waals surface area contributed by atoms with E-state index < -0.39 is 6.04 Å². The summed E-state index contributed by atoms with van der Waals surface area (Å²) in [5.41, 5.74) is 3.00. The standard InChI is InChI=1S/C27H37ClN2O2/c1-7-24(26(32)29-27(4,5)6)30(18-21-10-15-23(28)16-11-21)25(31)17-12-20-8-13-22(14-9-20)19(2)3/h8-11,13-16,19,24H,7,12,17-18H2,1-6H3,(H,29,32). The maximum absolute atomic E-state index is 13.4. The molecule has 0 aliphatic carbocycles. The molecule has 2 rings (SSSR count). The molecular weight excluding hydrogens is 420 g/mol. The summed E-state index contributed by atoms with van der Waals surface area (Å²) in [5, 5.41) is 3.68. The molecule has 0 saturated heterocycles. The summed E-state index contributed by atoms with van der Waals surface area (Å²) in [4.78, 5) is 28.1. The molecule has 4 nitrogen and oxygen atoms in total. The summed E-state index contributed by atoms with van der Waals surface area (Å²) >= 11 is 6.03. The average molecular weight is 457 g/mol. The Morgan fingerprint density at radius 2 is 1.53 bits per heavy atom. The molecule has 2 amide bonds. The molecule has 2 aromatic carbocycles. The monoisotopic (exact) mass is 456 g/mol. The van der Waals surface area contributed by atoms with Crippen molar-refractivity contribution in [1.29, 1.82) is 0 Å². The Bertz CT molecular complexity index is 883. The molecule has 0 fully saturated rings. The van der Waals surface area contributed by atoms with Gasteiger partial charge in [0, 0.05) is 23.5 Å². The van der Waals surface area contributed by atoms with Gasteiger partial charge in [0.05, 0.1) is 0 Å². The molecule has 0 saturated carbocycles. The van der Waals surface area contributed by atoms with Gasteiger partial charge in [-0.05, 0) is 68.4 Å². The van der Waals surface area contributed by atoms with Crippen LogP contribution in [0.2, 0.25) is 5.02 Å². The largest absolute Gasteiger partial charge is 0.350 e. The van der Waals surface area contributed by atoms with Crippen LogP contribution in [0, 0.1) is 0 Å². The van der Waals surface area contributed by atoms with E-state index in [1.54, 1.807) is 4.90 Å². The lowest BCUT2D eigenvalue weighted by Crippen LogP contribution is -2.53. The highest BCUT2D eigenvalue weighted by Crippen LogP contribution is 2.19. The average Bonchev–Trinajstić information content (AvgIpc) is 2.72. The number of hydrogen-bond acceptors (Lipinski definition) is 2. The number of nitrogens with one attached hydrogen (secondary N) is 1. The van der Waals surface area contributed by atoms with E-state index in [9.17, 15) is 9.59 Å². The lowest BCUT2D eigenvalue weighted by Gasteiger charge is -2.33. The molecule has 5 heteroatoms. The molecule has 1 N–H and O–H groups in total. The maximum Gasteiger partial charge on any atom is 0.243 e. The van der Waals surface area contributed by atoms with Crippen LogP contribution in [0.5, 0.6) is 0 Å². The Morgan fingerprint density at radius 3 is 2.03 bits per heavy atom. The van der Waals surface area contributed by atoms with E-state index in [0.717, 1.165) is 11.1 Å². The second kappa shape index (κ2) is 11.5. The van der Waals surface area contributed by atoms with Gasteiger partial charge in [-0.1, -0.05) is 68.8 Å². The highest BCUT2D eigenvalue weighted by molar-refractivity contribution is 6.30. The van der Waals surface area contributed by atoms with Crippen LogP contribution >= 0.6 is 11.6 Å². The lowest BCUT2D eigenvalue weighted by atomic mass is 10.00. The van der Waals surface area contributed by atoms with Crippen molar-refractivity contribution in [2.75, 3.05) is 0 Å². The third-order valence-electron chi connectivity index (χ3n) is 5.42. The molecule has 32 heavy (non-hydrogen) atoms. The molecule has 2 aromatic rings. The Balaban J connectivity index is 2.20. The molecule has 0 bridgehead atoms. The van der Waals surface area contributed by atoms with Gasteiger partial charge in [0.1, 0.15) is 6.04 Å². The zero-order valence-electron chi connectivity index (χ0n) is 20.2. The fourth-order valence-electron chi connectivity index (χ4n) is 3.62. The number of amides is 2. The second-order valence-corrected chi connectivity index (χ2v) is 10.1. The summed E-state index contributed by atoms with van der Waals surface area (Å²) < 4.78 is 0. The number of carbonyl (C=O) groups excluding carboxylic acids is 2. The van der Waals surface area contributed by atoms with Crippen molar-refractivity contribution in [3.63, 3.8) is 0 Å². The fourth-order valence-corrected chi connectivity index (χ4v) is 3.75. The van der Waals surface area contributed by atoms with E-state index in [2.05, 4.69) is 43.4 Å². The Hall–Kier alpha value is -2.33. The third kappa shape index (κ3) is 7.98. The first-order chi connectivity index (χ1) is 15.0. The predicted octanol–water partition coefficient (Wildman–Crippen LogP) is 6.12. The number of carbonyl (C=O) groups is 2. The number of halogens is 1. The van der Waals surface area contributed by atoms with Crippen LogP contribution in [-0.2, 0) is 22.6 Å². The molecule has 1 unspecified atom stereocenters. The van der Waals surface area contributed by atoms with Crippen molar-refractivity contribution in [1.82, 2.24) is 10.2 Å². The van der Waals surface area contributed by atoms with Crippen molar-refractivity contribution in [3.8, 4) is 0 Å².